The molecule has 0 bridgehead atoms. The molecule has 9 heavy (non-hydrogen) atoms. The molecule has 1 fully saturated rings. The molecular formula is C6H12O3. The quantitative estimate of drug-likeness (QED) is 0.564. The topological polar surface area (TPSA) is 38.7 Å². The summed E-state index contributed by atoms with van der Waals surface area (Å²) in [5.41, 5.74) is 0. The largest absolute Gasteiger partial charge is 0.390 e. The SMILES string of the molecule is COC[C@H]1OCCC1O. The van der Waals surface area contributed by atoms with Crippen LogP contribution in [0.5, 0.6) is 0 Å². The third-order valence-corrected chi connectivity index (χ3v) is 1.51. The van der Waals surface area contributed by atoms with Crippen molar-refractivity contribution in [1.29, 1.82) is 0 Å². The molecule has 0 aromatic carbocycles. The molecule has 0 spiro atoms. The van der Waals surface area contributed by atoms with Crippen molar-refractivity contribution in [2.45, 2.75) is 18.6 Å². The molecule has 0 aliphatic carbocycles. The summed E-state index contributed by atoms with van der Waals surface area (Å²) in [7, 11) is 1.61. The average Bonchev–Trinajstić information content (AvgIpc) is 2.18. The third kappa shape index (κ3) is 1.64. The molecule has 1 rings (SSSR count). The van der Waals surface area contributed by atoms with E-state index in [1.54, 1.807) is 7.11 Å². The minimum absolute atomic E-state index is 0.0880. The van der Waals surface area contributed by atoms with Crippen molar-refractivity contribution in [3.8, 4) is 0 Å². The van der Waals surface area contributed by atoms with Crippen LogP contribution in [0, 0.1) is 0 Å². The zero-order valence-electron chi connectivity index (χ0n) is 5.54. The van der Waals surface area contributed by atoms with E-state index in [1.165, 1.54) is 0 Å². The normalized spacial score (nSPS) is 35.3. The van der Waals surface area contributed by atoms with Crippen LogP contribution in [0.4, 0.5) is 0 Å². The minimum atomic E-state index is -0.315. The van der Waals surface area contributed by atoms with Crippen LogP contribution in [0.1, 0.15) is 6.42 Å². The Morgan fingerprint density at radius 1 is 1.78 bits per heavy atom. The van der Waals surface area contributed by atoms with Gasteiger partial charge in [0.05, 0.1) is 12.7 Å². The number of hydrogen-bond acceptors (Lipinski definition) is 3. The van der Waals surface area contributed by atoms with Crippen LogP contribution in [-0.2, 0) is 9.47 Å². The van der Waals surface area contributed by atoms with Crippen molar-refractivity contribution < 1.29 is 14.6 Å². The average molecular weight is 132 g/mol. The zero-order chi connectivity index (χ0) is 6.69. The van der Waals surface area contributed by atoms with Crippen LogP contribution in [0.2, 0.25) is 0 Å². The van der Waals surface area contributed by atoms with Crippen LogP contribution in [0.25, 0.3) is 0 Å². The molecule has 1 N–H and O–H groups in total. The lowest BCUT2D eigenvalue weighted by molar-refractivity contribution is -0.0101. The highest BCUT2D eigenvalue weighted by Gasteiger charge is 2.25. The molecule has 1 aliphatic rings. The van der Waals surface area contributed by atoms with Gasteiger partial charge in [0.2, 0.25) is 0 Å². The standard InChI is InChI=1S/C6H12O3/c1-8-4-6-5(7)2-3-9-6/h5-7H,2-4H2,1H3/t5?,6-/m1/s1. The number of aliphatic hydroxyl groups is 1. The number of aliphatic hydroxyl groups excluding tert-OH is 1. The van der Waals surface area contributed by atoms with Crippen LogP contribution in [0.15, 0.2) is 0 Å². The van der Waals surface area contributed by atoms with Crippen molar-refractivity contribution in [3.05, 3.63) is 0 Å². The summed E-state index contributed by atoms with van der Waals surface area (Å²) in [5, 5.41) is 9.12. The van der Waals surface area contributed by atoms with Crippen LogP contribution in [0.3, 0.4) is 0 Å². The van der Waals surface area contributed by atoms with Gasteiger partial charge in [0, 0.05) is 13.7 Å². The zero-order valence-corrected chi connectivity index (χ0v) is 5.54. The second-order valence-corrected chi connectivity index (χ2v) is 2.22. The Kier molecular flexibility index (Phi) is 2.45. The lowest BCUT2D eigenvalue weighted by Gasteiger charge is -2.10. The minimum Gasteiger partial charge on any atom is -0.390 e. The van der Waals surface area contributed by atoms with Crippen molar-refractivity contribution in [1.82, 2.24) is 0 Å². The highest BCUT2D eigenvalue weighted by Crippen LogP contribution is 2.12. The second-order valence-electron chi connectivity index (χ2n) is 2.22. The highest BCUT2D eigenvalue weighted by molar-refractivity contribution is 4.73. The molecule has 0 saturated carbocycles. The maximum atomic E-state index is 9.12. The Bertz CT molecular complexity index is 84.4. The third-order valence-electron chi connectivity index (χ3n) is 1.51. The fraction of sp³-hybridized carbons (Fsp3) is 1.00. The molecular weight excluding hydrogens is 120 g/mol. The van der Waals surface area contributed by atoms with Gasteiger partial charge >= 0.3 is 0 Å². The maximum absolute atomic E-state index is 9.12. The molecule has 1 unspecified atom stereocenters. The number of methoxy groups -OCH3 is 1. The first-order valence-corrected chi connectivity index (χ1v) is 3.13. The van der Waals surface area contributed by atoms with Crippen molar-refractivity contribution >= 4 is 0 Å². The van der Waals surface area contributed by atoms with Crippen molar-refractivity contribution in [2.24, 2.45) is 0 Å². The van der Waals surface area contributed by atoms with Crippen molar-refractivity contribution in [3.63, 3.8) is 0 Å². The maximum Gasteiger partial charge on any atom is 0.107 e. The van der Waals surface area contributed by atoms with Gasteiger partial charge in [-0.25, -0.2) is 0 Å². The lowest BCUT2D eigenvalue weighted by Crippen LogP contribution is -2.25. The van der Waals surface area contributed by atoms with E-state index in [2.05, 4.69) is 0 Å². The molecule has 3 nitrogen and oxygen atoms in total. The Hall–Kier alpha value is -0.120. The van der Waals surface area contributed by atoms with Gasteiger partial charge in [-0.1, -0.05) is 0 Å². The fourth-order valence-corrected chi connectivity index (χ4v) is 0.961. The van der Waals surface area contributed by atoms with E-state index in [-0.39, 0.29) is 12.2 Å². The van der Waals surface area contributed by atoms with E-state index in [0.717, 1.165) is 6.42 Å². The molecule has 0 aromatic rings. The summed E-state index contributed by atoms with van der Waals surface area (Å²) in [6, 6.07) is 0. The van der Waals surface area contributed by atoms with Gasteiger partial charge in [-0.15, -0.1) is 0 Å². The van der Waals surface area contributed by atoms with Gasteiger partial charge in [0.1, 0.15) is 6.10 Å². The van der Waals surface area contributed by atoms with E-state index in [9.17, 15) is 0 Å². The van der Waals surface area contributed by atoms with Gasteiger partial charge in [-0.3, -0.25) is 0 Å². The molecule has 1 heterocycles. The van der Waals surface area contributed by atoms with Gasteiger partial charge in [-0.05, 0) is 6.42 Å². The smallest absolute Gasteiger partial charge is 0.107 e. The van der Waals surface area contributed by atoms with Crippen molar-refractivity contribution in [2.75, 3.05) is 20.3 Å². The predicted octanol–water partition coefficient (Wildman–Crippen LogP) is -0.217. The van der Waals surface area contributed by atoms with E-state index in [4.69, 9.17) is 14.6 Å². The Morgan fingerprint density at radius 2 is 2.56 bits per heavy atom. The summed E-state index contributed by atoms with van der Waals surface area (Å²) in [4.78, 5) is 0. The first kappa shape index (κ1) is 6.99. The molecule has 1 saturated heterocycles. The lowest BCUT2D eigenvalue weighted by atomic mass is 10.2. The van der Waals surface area contributed by atoms with E-state index >= 15 is 0 Å². The fourth-order valence-electron chi connectivity index (χ4n) is 0.961. The molecule has 3 heteroatoms. The Morgan fingerprint density at radius 3 is 3.00 bits per heavy atom. The van der Waals surface area contributed by atoms with Gasteiger partial charge in [-0.2, -0.15) is 0 Å². The summed E-state index contributed by atoms with van der Waals surface area (Å²) in [6.45, 7) is 1.16. The van der Waals surface area contributed by atoms with Crippen LogP contribution >= 0.6 is 0 Å². The Balaban J connectivity index is 2.22. The summed E-state index contributed by atoms with van der Waals surface area (Å²) >= 11 is 0. The number of rotatable bonds is 2. The molecule has 0 amide bonds. The molecule has 0 aromatic heterocycles. The van der Waals surface area contributed by atoms with E-state index < -0.39 is 0 Å². The van der Waals surface area contributed by atoms with Crippen LogP contribution < -0.4 is 0 Å². The highest BCUT2D eigenvalue weighted by atomic mass is 16.5. The van der Waals surface area contributed by atoms with Gasteiger partial charge < -0.3 is 14.6 Å². The summed E-state index contributed by atoms with van der Waals surface area (Å²) < 4.78 is 9.94. The van der Waals surface area contributed by atoms with E-state index in [0.29, 0.717) is 13.2 Å². The summed E-state index contributed by atoms with van der Waals surface area (Å²) in [5.74, 6) is 0. The Labute approximate surface area is 54.6 Å². The van der Waals surface area contributed by atoms with Gasteiger partial charge in [0.25, 0.3) is 0 Å². The monoisotopic (exact) mass is 132 g/mol. The second kappa shape index (κ2) is 3.15. The number of ether oxygens (including phenoxy) is 2. The summed E-state index contributed by atoms with van der Waals surface area (Å²) in [6.07, 6.45) is 0.341. The molecule has 0 radical (unpaired) electrons. The van der Waals surface area contributed by atoms with Gasteiger partial charge in [0.15, 0.2) is 0 Å². The van der Waals surface area contributed by atoms with E-state index in [1.807, 2.05) is 0 Å². The van der Waals surface area contributed by atoms with Crippen LogP contribution in [-0.4, -0.2) is 37.6 Å². The predicted molar refractivity (Wildman–Crippen MR) is 32.2 cm³/mol. The first-order valence-electron chi connectivity index (χ1n) is 3.13. The molecule has 54 valence electrons. The number of hydrogen-bond donors (Lipinski definition) is 1. The molecule has 1 aliphatic heterocycles. The first-order chi connectivity index (χ1) is 4.34. The molecule has 2 atom stereocenters.